The van der Waals surface area contributed by atoms with Crippen LogP contribution in [0.3, 0.4) is 0 Å². The summed E-state index contributed by atoms with van der Waals surface area (Å²) in [5, 5.41) is -0.449. The van der Waals surface area contributed by atoms with E-state index in [1.165, 1.54) is 14.1 Å². The van der Waals surface area contributed by atoms with E-state index in [1.807, 2.05) is 0 Å². The number of hydrogen-bond acceptors (Lipinski definition) is 5. The van der Waals surface area contributed by atoms with Gasteiger partial charge >= 0.3 is 5.69 Å². The van der Waals surface area contributed by atoms with Crippen LogP contribution in [0.1, 0.15) is 0 Å². The largest absolute Gasteiger partial charge is 0.385 e. The number of pyridine rings is 2. The number of fused-ring (bicyclic) bond motifs is 2. The SMILES string of the molecule is Cn1c(=O)c2c(=O)c3c(=O)cc(N)[nH]c3[nH]c2n(C)c1=O. The molecule has 0 atom stereocenters. The molecule has 0 spiro atoms. The predicted octanol–water partition coefficient (Wildman–Crippen LogP) is -1.65. The van der Waals surface area contributed by atoms with E-state index in [9.17, 15) is 19.2 Å². The van der Waals surface area contributed by atoms with Gasteiger partial charge in [-0.3, -0.25) is 23.5 Å². The molecule has 0 aromatic carbocycles. The lowest BCUT2D eigenvalue weighted by Crippen LogP contribution is -2.39. The smallest absolute Gasteiger partial charge is 0.332 e. The molecule has 3 aromatic heterocycles. The number of nitrogen functional groups attached to an aromatic ring is 1. The standard InChI is InChI=1S/C12H11N5O4/c1-16-10-7(11(20)17(2)12(16)21)8(19)6-4(18)3-5(13)14-9(6)15-10/h3H,1-2H3,(H4,13,14,15,18,19). The third-order valence-corrected chi connectivity index (χ3v) is 3.41. The molecule has 0 unspecified atom stereocenters. The van der Waals surface area contributed by atoms with Crippen molar-refractivity contribution in [2.24, 2.45) is 14.1 Å². The Morgan fingerprint density at radius 2 is 1.67 bits per heavy atom. The third-order valence-electron chi connectivity index (χ3n) is 3.41. The van der Waals surface area contributed by atoms with Crippen LogP contribution in [0, 0.1) is 0 Å². The minimum Gasteiger partial charge on any atom is -0.385 e. The number of nitrogens with zero attached hydrogens (tertiary/aromatic N) is 2. The number of nitrogens with two attached hydrogens (primary N) is 1. The summed E-state index contributed by atoms with van der Waals surface area (Å²) in [5.41, 5.74) is 2.95. The number of nitrogens with one attached hydrogen (secondary N) is 2. The summed E-state index contributed by atoms with van der Waals surface area (Å²) in [4.78, 5) is 53.8. The van der Waals surface area contributed by atoms with Crippen LogP contribution in [0.15, 0.2) is 25.2 Å². The van der Waals surface area contributed by atoms with E-state index in [0.29, 0.717) is 0 Å². The van der Waals surface area contributed by atoms with Crippen LogP contribution < -0.4 is 27.8 Å². The molecular formula is C12H11N5O4. The first-order valence-electron chi connectivity index (χ1n) is 5.97. The van der Waals surface area contributed by atoms with Crippen molar-refractivity contribution in [2.45, 2.75) is 0 Å². The van der Waals surface area contributed by atoms with Crippen molar-refractivity contribution < 1.29 is 0 Å². The highest BCUT2D eigenvalue weighted by molar-refractivity contribution is 5.89. The number of anilines is 1. The van der Waals surface area contributed by atoms with Crippen LogP contribution >= 0.6 is 0 Å². The molecule has 0 aliphatic heterocycles. The summed E-state index contributed by atoms with van der Waals surface area (Å²) >= 11 is 0. The minimum absolute atomic E-state index is 0.0295. The van der Waals surface area contributed by atoms with Crippen LogP contribution in [0.25, 0.3) is 22.1 Å². The monoisotopic (exact) mass is 289 g/mol. The predicted molar refractivity (Wildman–Crippen MR) is 77.6 cm³/mol. The maximum Gasteiger partial charge on any atom is 0.332 e. The van der Waals surface area contributed by atoms with Crippen LogP contribution in [-0.2, 0) is 14.1 Å². The average Bonchev–Trinajstić information content (AvgIpc) is 2.41. The molecule has 9 nitrogen and oxygen atoms in total. The van der Waals surface area contributed by atoms with Crippen LogP contribution in [-0.4, -0.2) is 19.1 Å². The highest BCUT2D eigenvalue weighted by Gasteiger charge is 2.16. The van der Waals surface area contributed by atoms with Gasteiger partial charge in [0.1, 0.15) is 27.9 Å². The van der Waals surface area contributed by atoms with Crippen molar-refractivity contribution in [1.82, 2.24) is 19.1 Å². The Labute approximate surface area is 115 Å². The van der Waals surface area contributed by atoms with E-state index >= 15 is 0 Å². The molecule has 4 N–H and O–H groups in total. The normalized spacial score (nSPS) is 11.3. The summed E-state index contributed by atoms with van der Waals surface area (Å²) in [5.74, 6) is 0.0660. The van der Waals surface area contributed by atoms with Gasteiger partial charge in [-0.25, -0.2) is 4.79 Å². The molecule has 0 saturated heterocycles. The van der Waals surface area contributed by atoms with Gasteiger partial charge < -0.3 is 15.7 Å². The molecule has 0 aliphatic rings. The van der Waals surface area contributed by atoms with Crippen molar-refractivity contribution >= 4 is 27.9 Å². The highest BCUT2D eigenvalue weighted by Crippen LogP contribution is 2.07. The topological polar surface area (TPSA) is 136 Å². The van der Waals surface area contributed by atoms with E-state index in [4.69, 9.17) is 5.73 Å². The van der Waals surface area contributed by atoms with E-state index < -0.39 is 22.1 Å². The Morgan fingerprint density at radius 1 is 1.00 bits per heavy atom. The molecule has 3 aromatic rings. The first-order valence-corrected chi connectivity index (χ1v) is 5.97. The van der Waals surface area contributed by atoms with Crippen molar-refractivity contribution in [3.05, 3.63) is 47.4 Å². The molecule has 108 valence electrons. The molecule has 0 aliphatic carbocycles. The fourth-order valence-electron chi connectivity index (χ4n) is 2.34. The minimum atomic E-state index is -0.757. The fourth-order valence-corrected chi connectivity index (χ4v) is 2.34. The summed E-state index contributed by atoms with van der Waals surface area (Å²) < 4.78 is 1.94. The lowest BCUT2D eigenvalue weighted by molar-refractivity contribution is 0.708. The number of aromatic amines is 2. The molecule has 21 heavy (non-hydrogen) atoms. The van der Waals surface area contributed by atoms with Crippen LogP contribution in [0.4, 0.5) is 5.82 Å². The number of H-pyrrole nitrogens is 2. The molecule has 3 rings (SSSR count). The van der Waals surface area contributed by atoms with Gasteiger partial charge in [-0.15, -0.1) is 0 Å². The average molecular weight is 289 g/mol. The Morgan fingerprint density at radius 3 is 2.33 bits per heavy atom. The van der Waals surface area contributed by atoms with Crippen molar-refractivity contribution in [2.75, 3.05) is 5.73 Å². The Kier molecular flexibility index (Phi) is 2.43. The molecule has 0 saturated carbocycles. The zero-order chi connectivity index (χ0) is 15.5. The third kappa shape index (κ3) is 1.57. The quantitative estimate of drug-likeness (QED) is 0.426. The maximum atomic E-state index is 12.4. The summed E-state index contributed by atoms with van der Waals surface area (Å²) in [7, 11) is 2.68. The first-order chi connectivity index (χ1) is 9.82. The zero-order valence-corrected chi connectivity index (χ0v) is 11.2. The Balaban J connectivity index is 2.82. The zero-order valence-electron chi connectivity index (χ0n) is 11.2. The number of rotatable bonds is 0. The van der Waals surface area contributed by atoms with Gasteiger partial charge in [0.05, 0.1) is 0 Å². The van der Waals surface area contributed by atoms with Crippen molar-refractivity contribution in [1.29, 1.82) is 0 Å². The Bertz CT molecular complexity index is 1150. The summed E-state index contributed by atoms with van der Waals surface area (Å²) in [6, 6.07) is 1.07. The summed E-state index contributed by atoms with van der Waals surface area (Å²) in [6.07, 6.45) is 0. The molecule has 3 heterocycles. The second kappa shape index (κ2) is 3.95. The number of aryl methyl sites for hydroxylation is 1. The molecule has 9 heteroatoms. The van der Waals surface area contributed by atoms with Crippen LogP contribution in [0.5, 0.6) is 0 Å². The fraction of sp³-hybridized carbons (Fsp3) is 0.167. The van der Waals surface area contributed by atoms with Gasteiger partial charge in [0, 0.05) is 20.2 Å². The van der Waals surface area contributed by atoms with E-state index in [-0.39, 0.29) is 27.9 Å². The molecule has 0 fully saturated rings. The Hall–Kier alpha value is -3.10. The lowest BCUT2D eigenvalue weighted by Gasteiger charge is -2.08. The second-order valence-electron chi connectivity index (χ2n) is 4.72. The lowest BCUT2D eigenvalue weighted by atomic mass is 10.2. The first kappa shape index (κ1) is 12.9. The number of hydrogen-bond donors (Lipinski definition) is 3. The van der Waals surface area contributed by atoms with Crippen molar-refractivity contribution in [3.8, 4) is 0 Å². The van der Waals surface area contributed by atoms with Gasteiger partial charge in [0.15, 0.2) is 5.43 Å². The highest BCUT2D eigenvalue weighted by atomic mass is 16.2. The molecule has 0 amide bonds. The van der Waals surface area contributed by atoms with Gasteiger partial charge in [0.25, 0.3) is 5.56 Å². The summed E-state index contributed by atoms with van der Waals surface area (Å²) in [6.45, 7) is 0. The molecular weight excluding hydrogens is 278 g/mol. The van der Waals surface area contributed by atoms with Gasteiger partial charge in [0.2, 0.25) is 5.43 Å². The number of aromatic nitrogens is 4. The van der Waals surface area contributed by atoms with E-state index in [2.05, 4.69) is 9.97 Å². The van der Waals surface area contributed by atoms with E-state index in [1.54, 1.807) is 0 Å². The van der Waals surface area contributed by atoms with Gasteiger partial charge in [-0.05, 0) is 0 Å². The van der Waals surface area contributed by atoms with E-state index in [0.717, 1.165) is 15.2 Å². The van der Waals surface area contributed by atoms with Crippen molar-refractivity contribution in [3.63, 3.8) is 0 Å². The molecule has 0 bridgehead atoms. The molecule has 0 radical (unpaired) electrons. The van der Waals surface area contributed by atoms with Gasteiger partial charge in [-0.1, -0.05) is 0 Å². The second-order valence-corrected chi connectivity index (χ2v) is 4.72. The van der Waals surface area contributed by atoms with Gasteiger partial charge in [-0.2, -0.15) is 0 Å². The maximum absolute atomic E-state index is 12.4. The van der Waals surface area contributed by atoms with Crippen LogP contribution in [0.2, 0.25) is 0 Å².